The van der Waals surface area contributed by atoms with Gasteiger partial charge in [0, 0.05) is 12.6 Å². The highest BCUT2D eigenvalue weighted by molar-refractivity contribution is 7.89. The van der Waals surface area contributed by atoms with E-state index in [1.54, 1.807) is 37.4 Å². The van der Waals surface area contributed by atoms with Crippen LogP contribution in [0.15, 0.2) is 51.9 Å². The molecule has 1 aliphatic rings. The van der Waals surface area contributed by atoms with E-state index < -0.39 is 10.0 Å². The van der Waals surface area contributed by atoms with Crippen LogP contribution in [0.1, 0.15) is 31.7 Å². The molecular weight excluding hydrogens is 418 g/mol. The highest BCUT2D eigenvalue weighted by Gasteiger charge is 2.29. The Labute approximate surface area is 181 Å². The second-order valence-corrected chi connectivity index (χ2v) is 10.2. The van der Waals surface area contributed by atoms with E-state index in [-0.39, 0.29) is 22.9 Å². The zero-order valence-corrected chi connectivity index (χ0v) is 18.8. The van der Waals surface area contributed by atoms with Crippen molar-refractivity contribution in [2.45, 2.75) is 43.7 Å². The SMILES string of the molecule is COc1ccc(-c2noc(CN(C)S(=O)(=O)c3ccc4c(c3)CCC(C)(C)O4)n2)cc1. The lowest BCUT2D eigenvalue weighted by molar-refractivity contribution is 0.0845. The largest absolute Gasteiger partial charge is 0.497 e. The van der Waals surface area contributed by atoms with Gasteiger partial charge in [0.1, 0.15) is 17.1 Å². The molecule has 3 aromatic rings. The molecule has 0 fully saturated rings. The van der Waals surface area contributed by atoms with Crippen molar-refractivity contribution in [3.05, 3.63) is 53.9 Å². The molecule has 0 unspecified atom stereocenters. The molecule has 0 aliphatic carbocycles. The second-order valence-electron chi connectivity index (χ2n) is 8.13. The Morgan fingerprint density at radius 1 is 1.16 bits per heavy atom. The number of benzene rings is 2. The zero-order valence-electron chi connectivity index (χ0n) is 18.0. The number of sulfonamides is 1. The summed E-state index contributed by atoms with van der Waals surface area (Å²) in [5.41, 5.74) is 1.40. The number of hydrogen-bond donors (Lipinski definition) is 0. The Morgan fingerprint density at radius 3 is 2.61 bits per heavy atom. The summed E-state index contributed by atoms with van der Waals surface area (Å²) in [4.78, 5) is 4.54. The molecule has 0 bridgehead atoms. The van der Waals surface area contributed by atoms with E-state index in [0.717, 1.165) is 35.5 Å². The molecule has 0 spiro atoms. The minimum Gasteiger partial charge on any atom is -0.497 e. The second kappa shape index (κ2) is 7.97. The monoisotopic (exact) mass is 443 g/mol. The third kappa shape index (κ3) is 4.42. The van der Waals surface area contributed by atoms with Crippen LogP contribution in [0.4, 0.5) is 0 Å². The van der Waals surface area contributed by atoms with E-state index in [0.29, 0.717) is 5.82 Å². The average molecular weight is 444 g/mol. The van der Waals surface area contributed by atoms with Crippen LogP contribution in [-0.4, -0.2) is 42.6 Å². The fraction of sp³-hybridized carbons (Fsp3) is 0.364. The minimum absolute atomic E-state index is 0.0356. The first kappa shape index (κ1) is 21.3. The van der Waals surface area contributed by atoms with Gasteiger partial charge in [-0.1, -0.05) is 5.16 Å². The summed E-state index contributed by atoms with van der Waals surface area (Å²) >= 11 is 0. The molecule has 1 aromatic heterocycles. The molecule has 1 aliphatic heterocycles. The number of fused-ring (bicyclic) bond motifs is 1. The molecule has 0 saturated carbocycles. The van der Waals surface area contributed by atoms with Gasteiger partial charge in [-0.3, -0.25) is 0 Å². The van der Waals surface area contributed by atoms with Crippen molar-refractivity contribution in [1.82, 2.24) is 14.4 Å². The zero-order chi connectivity index (χ0) is 22.2. The predicted molar refractivity (Wildman–Crippen MR) is 114 cm³/mol. The standard InChI is InChI=1S/C22H25N3O5S/c1-22(2)12-11-16-13-18(9-10-19(16)29-22)31(26,27)25(3)14-20-23-21(24-30-20)15-5-7-17(28-4)8-6-15/h5-10,13H,11-12,14H2,1-4H3. The summed E-state index contributed by atoms with van der Waals surface area (Å²) in [5.74, 6) is 2.05. The van der Waals surface area contributed by atoms with Gasteiger partial charge in [-0.05, 0) is 74.7 Å². The van der Waals surface area contributed by atoms with Crippen LogP contribution in [0.5, 0.6) is 11.5 Å². The van der Waals surface area contributed by atoms with Crippen molar-refractivity contribution in [2.24, 2.45) is 0 Å². The van der Waals surface area contributed by atoms with Gasteiger partial charge in [0.05, 0.1) is 18.6 Å². The number of aryl methyl sites for hydroxylation is 1. The van der Waals surface area contributed by atoms with Crippen molar-refractivity contribution in [1.29, 1.82) is 0 Å². The molecule has 0 N–H and O–H groups in total. The van der Waals surface area contributed by atoms with Crippen molar-refractivity contribution >= 4 is 10.0 Å². The van der Waals surface area contributed by atoms with Gasteiger partial charge in [-0.15, -0.1) is 0 Å². The van der Waals surface area contributed by atoms with Crippen LogP contribution in [-0.2, 0) is 23.0 Å². The van der Waals surface area contributed by atoms with Gasteiger partial charge in [0.15, 0.2) is 0 Å². The number of rotatable bonds is 6. The molecule has 0 atom stereocenters. The van der Waals surface area contributed by atoms with Gasteiger partial charge in [0.25, 0.3) is 0 Å². The number of ether oxygens (including phenoxy) is 2. The van der Waals surface area contributed by atoms with Gasteiger partial charge in [0.2, 0.25) is 21.7 Å². The highest BCUT2D eigenvalue weighted by atomic mass is 32.2. The molecular formula is C22H25N3O5S. The topological polar surface area (TPSA) is 94.8 Å². The summed E-state index contributed by atoms with van der Waals surface area (Å²) < 4.78 is 43.7. The summed E-state index contributed by atoms with van der Waals surface area (Å²) in [6.45, 7) is 4.02. The van der Waals surface area contributed by atoms with Crippen LogP contribution < -0.4 is 9.47 Å². The van der Waals surface area contributed by atoms with Crippen molar-refractivity contribution < 1.29 is 22.4 Å². The van der Waals surface area contributed by atoms with E-state index >= 15 is 0 Å². The maximum absolute atomic E-state index is 13.1. The molecule has 31 heavy (non-hydrogen) atoms. The van der Waals surface area contributed by atoms with E-state index in [4.69, 9.17) is 14.0 Å². The average Bonchev–Trinajstić information content (AvgIpc) is 3.21. The third-order valence-corrected chi connectivity index (χ3v) is 7.10. The molecule has 4 rings (SSSR count). The molecule has 0 saturated heterocycles. The van der Waals surface area contributed by atoms with Crippen LogP contribution in [0.3, 0.4) is 0 Å². The Hall–Kier alpha value is -2.91. The van der Waals surface area contributed by atoms with Crippen LogP contribution >= 0.6 is 0 Å². The fourth-order valence-electron chi connectivity index (χ4n) is 3.43. The van der Waals surface area contributed by atoms with Gasteiger partial charge in [-0.25, -0.2) is 8.42 Å². The number of nitrogens with zero attached hydrogens (tertiary/aromatic N) is 3. The maximum Gasteiger partial charge on any atom is 0.243 e. The molecule has 8 nitrogen and oxygen atoms in total. The Bertz CT molecular complexity index is 1190. The lowest BCUT2D eigenvalue weighted by atomic mass is 9.94. The van der Waals surface area contributed by atoms with E-state index in [2.05, 4.69) is 10.1 Å². The number of aromatic nitrogens is 2. The smallest absolute Gasteiger partial charge is 0.243 e. The van der Waals surface area contributed by atoms with Gasteiger partial charge >= 0.3 is 0 Å². The quantitative estimate of drug-likeness (QED) is 0.574. The van der Waals surface area contributed by atoms with Crippen LogP contribution in [0.25, 0.3) is 11.4 Å². The third-order valence-electron chi connectivity index (χ3n) is 5.30. The Morgan fingerprint density at radius 2 is 1.90 bits per heavy atom. The fourth-order valence-corrected chi connectivity index (χ4v) is 4.60. The number of methoxy groups -OCH3 is 1. The first-order valence-corrected chi connectivity index (χ1v) is 11.4. The van der Waals surface area contributed by atoms with Crippen molar-refractivity contribution in [3.8, 4) is 22.9 Å². The molecule has 164 valence electrons. The molecule has 0 radical (unpaired) electrons. The lowest BCUT2D eigenvalue weighted by Gasteiger charge is -2.32. The molecule has 2 aromatic carbocycles. The maximum atomic E-state index is 13.1. The van der Waals surface area contributed by atoms with E-state index in [9.17, 15) is 8.42 Å². The number of hydrogen-bond acceptors (Lipinski definition) is 7. The normalized spacial score (nSPS) is 15.4. The van der Waals surface area contributed by atoms with Gasteiger partial charge in [-0.2, -0.15) is 9.29 Å². The first-order valence-electron chi connectivity index (χ1n) is 9.93. The van der Waals surface area contributed by atoms with Crippen molar-refractivity contribution in [2.75, 3.05) is 14.2 Å². The molecule has 2 heterocycles. The summed E-state index contributed by atoms with van der Waals surface area (Å²) in [7, 11) is -0.647. The van der Waals surface area contributed by atoms with Gasteiger partial charge < -0.3 is 14.0 Å². The van der Waals surface area contributed by atoms with Crippen LogP contribution in [0, 0.1) is 0 Å². The molecule has 9 heteroatoms. The Kier molecular flexibility index (Phi) is 5.49. The van der Waals surface area contributed by atoms with Crippen molar-refractivity contribution in [3.63, 3.8) is 0 Å². The predicted octanol–water partition coefficient (Wildman–Crippen LogP) is 3.67. The van der Waals surface area contributed by atoms with E-state index in [1.165, 1.54) is 11.4 Å². The highest BCUT2D eigenvalue weighted by Crippen LogP contribution is 2.34. The van der Waals surface area contributed by atoms with E-state index in [1.807, 2.05) is 26.0 Å². The minimum atomic E-state index is -3.73. The van der Waals surface area contributed by atoms with Crippen LogP contribution in [0.2, 0.25) is 0 Å². The summed E-state index contributed by atoms with van der Waals surface area (Å²) in [6, 6.07) is 12.2. The Balaban J connectivity index is 1.50. The lowest BCUT2D eigenvalue weighted by Crippen LogP contribution is -2.33. The first-order chi connectivity index (χ1) is 14.7. The summed E-state index contributed by atoms with van der Waals surface area (Å²) in [6.07, 6.45) is 1.60. The molecule has 0 amide bonds. The summed E-state index contributed by atoms with van der Waals surface area (Å²) in [5, 5.41) is 3.96.